The molecule has 3 rings (SSSR count). The fraction of sp³-hybridized carbons (Fsp3) is 0.133. The van der Waals surface area contributed by atoms with Gasteiger partial charge in [-0.2, -0.15) is 0 Å². The van der Waals surface area contributed by atoms with Crippen molar-refractivity contribution >= 4 is 34.5 Å². The van der Waals surface area contributed by atoms with Gasteiger partial charge in [0.1, 0.15) is 5.65 Å². The Bertz CT molecular complexity index is 908. The number of hydrogen-bond donors (Lipinski definition) is 1. The monoisotopic (exact) mass is 350 g/mol. The van der Waals surface area contributed by atoms with Gasteiger partial charge in [-0.15, -0.1) is 0 Å². The number of fused-ring (bicyclic) bond motifs is 1. The maximum atomic E-state index is 11.0. The molecule has 2 heterocycles. The maximum absolute atomic E-state index is 11.0. The van der Waals surface area contributed by atoms with Gasteiger partial charge in [0.05, 0.1) is 27.5 Å². The Hall–Kier alpha value is -2.15. The van der Waals surface area contributed by atoms with Crippen LogP contribution in [0.3, 0.4) is 0 Å². The van der Waals surface area contributed by atoms with Crippen molar-refractivity contribution in [3.05, 3.63) is 62.4 Å². The van der Waals surface area contributed by atoms with E-state index in [2.05, 4.69) is 4.98 Å². The van der Waals surface area contributed by atoms with Crippen LogP contribution in [0.4, 0.5) is 5.69 Å². The predicted molar refractivity (Wildman–Crippen MR) is 90.1 cm³/mol. The van der Waals surface area contributed by atoms with Crippen molar-refractivity contribution in [1.29, 1.82) is 0 Å². The zero-order valence-corrected chi connectivity index (χ0v) is 13.4. The van der Waals surface area contributed by atoms with Gasteiger partial charge in [-0.25, -0.2) is 4.98 Å². The first-order valence-electron chi connectivity index (χ1n) is 6.82. The first kappa shape index (κ1) is 15.7. The van der Waals surface area contributed by atoms with Crippen molar-refractivity contribution in [2.24, 2.45) is 5.73 Å². The first-order chi connectivity index (χ1) is 11.0. The summed E-state index contributed by atoms with van der Waals surface area (Å²) in [5.74, 6) is 0. The van der Waals surface area contributed by atoms with E-state index in [1.165, 1.54) is 12.3 Å². The molecule has 0 aliphatic rings. The molecule has 2 aromatic heterocycles. The van der Waals surface area contributed by atoms with Crippen LogP contribution < -0.4 is 5.73 Å². The SMILES string of the molecule is NCCc1c(-c2ccc(Cl)cc2Cl)nc2ccc([N+](=O)[O-])cn12. The second-order valence-corrected chi connectivity index (χ2v) is 5.79. The summed E-state index contributed by atoms with van der Waals surface area (Å²) in [6, 6.07) is 8.16. The van der Waals surface area contributed by atoms with Gasteiger partial charge in [-0.1, -0.05) is 23.2 Å². The molecule has 0 spiro atoms. The molecule has 1 aromatic carbocycles. The third-order valence-corrected chi connectivity index (χ3v) is 4.03. The molecule has 0 aliphatic heterocycles. The third kappa shape index (κ3) is 2.88. The second kappa shape index (κ2) is 6.16. The van der Waals surface area contributed by atoms with Gasteiger partial charge < -0.3 is 5.73 Å². The highest BCUT2D eigenvalue weighted by Gasteiger charge is 2.18. The smallest absolute Gasteiger partial charge is 0.286 e. The minimum atomic E-state index is -0.444. The molecule has 0 atom stereocenters. The number of pyridine rings is 1. The number of nitrogens with two attached hydrogens (primary N) is 1. The molecule has 8 heteroatoms. The number of benzene rings is 1. The highest BCUT2D eigenvalue weighted by Crippen LogP contribution is 2.33. The molecule has 0 radical (unpaired) electrons. The first-order valence-corrected chi connectivity index (χ1v) is 7.57. The fourth-order valence-corrected chi connectivity index (χ4v) is 2.96. The van der Waals surface area contributed by atoms with E-state index in [-0.39, 0.29) is 5.69 Å². The van der Waals surface area contributed by atoms with E-state index in [0.29, 0.717) is 39.9 Å². The molecule has 0 amide bonds. The summed E-state index contributed by atoms with van der Waals surface area (Å²) in [5.41, 5.74) is 8.41. The Morgan fingerprint density at radius 2 is 2.04 bits per heavy atom. The average molecular weight is 351 g/mol. The van der Waals surface area contributed by atoms with Crippen LogP contribution in [0.1, 0.15) is 5.69 Å². The van der Waals surface area contributed by atoms with Crippen LogP contribution in [-0.4, -0.2) is 20.9 Å². The maximum Gasteiger partial charge on any atom is 0.286 e. The Balaban J connectivity index is 2.27. The van der Waals surface area contributed by atoms with Gasteiger partial charge in [0.15, 0.2) is 0 Å². The van der Waals surface area contributed by atoms with Crippen molar-refractivity contribution in [2.45, 2.75) is 6.42 Å². The highest BCUT2D eigenvalue weighted by atomic mass is 35.5. The number of aromatic nitrogens is 2. The summed E-state index contributed by atoms with van der Waals surface area (Å²) in [6.45, 7) is 0.384. The average Bonchev–Trinajstić information content (AvgIpc) is 2.85. The number of hydrogen-bond acceptors (Lipinski definition) is 4. The van der Waals surface area contributed by atoms with Crippen LogP contribution in [0, 0.1) is 10.1 Å². The molecule has 3 aromatic rings. The lowest BCUT2D eigenvalue weighted by atomic mass is 10.1. The molecule has 2 N–H and O–H groups in total. The zero-order valence-electron chi connectivity index (χ0n) is 11.9. The molecule has 0 bridgehead atoms. The standard InChI is InChI=1S/C15H12Cl2N4O2/c16-9-1-3-11(12(17)7-9)15-13(5-6-18)20-8-10(21(22)23)2-4-14(20)19-15/h1-4,7-8H,5-6,18H2. The highest BCUT2D eigenvalue weighted by molar-refractivity contribution is 6.36. The molecular formula is C15H12Cl2N4O2. The van der Waals surface area contributed by atoms with Crippen molar-refractivity contribution < 1.29 is 4.92 Å². The topological polar surface area (TPSA) is 86.5 Å². The summed E-state index contributed by atoms with van der Waals surface area (Å²) >= 11 is 12.2. The molecule has 0 saturated carbocycles. The van der Waals surface area contributed by atoms with Crippen molar-refractivity contribution in [1.82, 2.24) is 9.38 Å². The minimum Gasteiger partial charge on any atom is -0.330 e. The number of imidazole rings is 1. The molecule has 0 unspecified atom stereocenters. The molecule has 6 nitrogen and oxygen atoms in total. The number of halogens is 2. The van der Waals surface area contributed by atoms with Gasteiger partial charge in [-0.3, -0.25) is 14.5 Å². The Morgan fingerprint density at radius 3 is 2.70 bits per heavy atom. The lowest BCUT2D eigenvalue weighted by Gasteiger charge is -2.06. The van der Waals surface area contributed by atoms with E-state index < -0.39 is 4.92 Å². The lowest BCUT2D eigenvalue weighted by Crippen LogP contribution is -2.06. The van der Waals surface area contributed by atoms with E-state index in [4.69, 9.17) is 28.9 Å². The predicted octanol–water partition coefficient (Wildman–Crippen LogP) is 3.72. The summed E-state index contributed by atoms with van der Waals surface area (Å²) in [6.07, 6.45) is 1.96. The van der Waals surface area contributed by atoms with E-state index >= 15 is 0 Å². The molecule has 0 fully saturated rings. The van der Waals surface area contributed by atoms with Crippen LogP contribution in [-0.2, 0) is 6.42 Å². The van der Waals surface area contributed by atoms with Crippen LogP contribution in [0.5, 0.6) is 0 Å². The normalized spacial score (nSPS) is 11.1. The van der Waals surface area contributed by atoms with Crippen LogP contribution in [0.25, 0.3) is 16.9 Å². The number of rotatable bonds is 4. The Labute approximate surface area is 141 Å². The minimum absolute atomic E-state index is 0.0121. The van der Waals surface area contributed by atoms with Crippen molar-refractivity contribution in [3.63, 3.8) is 0 Å². The molecule has 118 valence electrons. The van der Waals surface area contributed by atoms with Gasteiger partial charge in [0, 0.05) is 23.1 Å². The summed E-state index contributed by atoms with van der Waals surface area (Å²) in [7, 11) is 0. The number of nitrogens with zero attached hydrogens (tertiary/aromatic N) is 3. The molecular weight excluding hydrogens is 339 g/mol. The largest absolute Gasteiger partial charge is 0.330 e. The quantitative estimate of drug-likeness (QED) is 0.573. The van der Waals surface area contributed by atoms with E-state index in [1.807, 2.05) is 0 Å². The van der Waals surface area contributed by atoms with Crippen LogP contribution in [0.2, 0.25) is 10.0 Å². The van der Waals surface area contributed by atoms with Gasteiger partial charge in [0.2, 0.25) is 0 Å². The Morgan fingerprint density at radius 1 is 1.26 bits per heavy atom. The lowest BCUT2D eigenvalue weighted by molar-refractivity contribution is -0.385. The van der Waals surface area contributed by atoms with Crippen molar-refractivity contribution in [2.75, 3.05) is 6.54 Å². The van der Waals surface area contributed by atoms with E-state index in [0.717, 1.165) is 5.69 Å². The molecule has 0 aliphatic carbocycles. The summed E-state index contributed by atoms with van der Waals surface area (Å²) in [5, 5.41) is 12.0. The summed E-state index contributed by atoms with van der Waals surface area (Å²) < 4.78 is 1.69. The van der Waals surface area contributed by atoms with Crippen molar-refractivity contribution in [3.8, 4) is 11.3 Å². The Kier molecular flexibility index (Phi) is 4.21. The van der Waals surface area contributed by atoms with Gasteiger partial charge in [0.25, 0.3) is 5.69 Å². The molecule has 23 heavy (non-hydrogen) atoms. The van der Waals surface area contributed by atoms with Crippen LogP contribution in [0.15, 0.2) is 36.5 Å². The summed E-state index contributed by atoms with van der Waals surface area (Å²) in [4.78, 5) is 15.1. The fourth-order valence-electron chi connectivity index (χ4n) is 2.46. The third-order valence-electron chi connectivity index (χ3n) is 3.48. The van der Waals surface area contributed by atoms with Gasteiger partial charge in [-0.05, 0) is 30.8 Å². The molecule has 0 saturated heterocycles. The van der Waals surface area contributed by atoms with Gasteiger partial charge >= 0.3 is 0 Å². The second-order valence-electron chi connectivity index (χ2n) is 4.94. The zero-order chi connectivity index (χ0) is 16.6. The van der Waals surface area contributed by atoms with E-state index in [9.17, 15) is 10.1 Å². The number of nitro groups is 1. The van der Waals surface area contributed by atoms with E-state index in [1.54, 1.807) is 28.7 Å². The van der Waals surface area contributed by atoms with Crippen LogP contribution >= 0.6 is 23.2 Å².